The molecule has 4 heteroatoms. The Hall–Kier alpha value is -0.610. The maximum absolute atomic E-state index is 11.2. The number of nitrogens with zero attached hydrogens (tertiary/aromatic N) is 1. The average molecular weight is 229 g/mol. The number of nitrogens with two attached hydrogens (primary N) is 2. The number of carbonyl (C=O) groups excluding carboxylic acids is 1. The topological polar surface area (TPSA) is 72.3 Å². The number of carbonyl (C=O) groups is 1. The maximum atomic E-state index is 11.2. The first-order chi connectivity index (χ1) is 7.20. The summed E-state index contributed by atoms with van der Waals surface area (Å²) in [6.45, 7) is 12.3. The molecule has 0 rings (SSSR count). The minimum absolute atomic E-state index is 0.273. The molecule has 96 valence electrons. The second-order valence-corrected chi connectivity index (χ2v) is 5.32. The second-order valence-electron chi connectivity index (χ2n) is 5.32. The molecule has 0 aliphatic rings. The van der Waals surface area contributed by atoms with Gasteiger partial charge in [0.25, 0.3) is 0 Å². The molecule has 16 heavy (non-hydrogen) atoms. The van der Waals surface area contributed by atoms with Gasteiger partial charge in [0.15, 0.2) is 0 Å². The summed E-state index contributed by atoms with van der Waals surface area (Å²) in [5, 5.41) is 0. The number of hydrogen-bond donors (Lipinski definition) is 2. The minimum Gasteiger partial charge on any atom is -0.368 e. The predicted octanol–water partition coefficient (Wildman–Crippen LogP) is 0.946. The van der Waals surface area contributed by atoms with Crippen LogP contribution >= 0.6 is 0 Å². The molecule has 4 nitrogen and oxygen atoms in total. The van der Waals surface area contributed by atoms with Crippen molar-refractivity contribution in [3.8, 4) is 0 Å². The first-order valence-electron chi connectivity index (χ1n) is 6.03. The predicted molar refractivity (Wildman–Crippen MR) is 68.0 cm³/mol. The highest BCUT2D eigenvalue weighted by Crippen LogP contribution is 2.14. The average Bonchev–Trinajstić information content (AvgIpc) is 2.12. The highest BCUT2D eigenvalue weighted by molar-refractivity contribution is 5.83. The van der Waals surface area contributed by atoms with E-state index in [0.29, 0.717) is 12.3 Å². The summed E-state index contributed by atoms with van der Waals surface area (Å²) >= 11 is 0. The van der Waals surface area contributed by atoms with Gasteiger partial charge in [0.1, 0.15) is 0 Å². The lowest BCUT2D eigenvalue weighted by Gasteiger charge is -2.33. The van der Waals surface area contributed by atoms with E-state index >= 15 is 0 Å². The Bertz CT molecular complexity index is 226. The summed E-state index contributed by atoms with van der Waals surface area (Å²) in [4.78, 5) is 13.5. The summed E-state index contributed by atoms with van der Waals surface area (Å²) in [6, 6.07) is 0.273. The lowest BCUT2D eigenvalue weighted by molar-refractivity contribution is -0.123. The van der Waals surface area contributed by atoms with Gasteiger partial charge >= 0.3 is 0 Å². The van der Waals surface area contributed by atoms with E-state index < -0.39 is 11.4 Å². The molecule has 0 bridgehead atoms. The van der Waals surface area contributed by atoms with Crippen LogP contribution in [0.1, 0.15) is 41.0 Å². The van der Waals surface area contributed by atoms with E-state index in [4.69, 9.17) is 11.5 Å². The Morgan fingerprint density at radius 3 is 2.19 bits per heavy atom. The smallest absolute Gasteiger partial charge is 0.237 e. The zero-order valence-corrected chi connectivity index (χ0v) is 11.3. The van der Waals surface area contributed by atoms with Crippen LogP contribution in [0, 0.1) is 5.92 Å². The van der Waals surface area contributed by atoms with E-state index in [-0.39, 0.29) is 6.04 Å². The van der Waals surface area contributed by atoms with Crippen LogP contribution in [0.3, 0.4) is 0 Å². The third kappa shape index (κ3) is 4.94. The number of hydrogen-bond acceptors (Lipinski definition) is 3. The fourth-order valence-electron chi connectivity index (χ4n) is 1.93. The number of primary amides is 1. The molecule has 0 saturated carbocycles. The molecule has 0 aromatic carbocycles. The van der Waals surface area contributed by atoms with Gasteiger partial charge in [0.05, 0.1) is 5.54 Å². The van der Waals surface area contributed by atoms with Gasteiger partial charge in [-0.15, -0.1) is 0 Å². The van der Waals surface area contributed by atoms with Crippen molar-refractivity contribution in [1.82, 2.24) is 4.90 Å². The molecule has 2 atom stereocenters. The SMILES string of the molecule is CCN(CC(C)C)C(C)CC(C)(N)C(N)=O. The summed E-state index contributed by atoms with van der Waals surface area (Å²) in [7, 11) is 0. The van der Waals surface area contributed by atoms with Crippen LogP contribution in [0.2, 0.25) is 0 Å². The molecule has 0 aliphatic heterocycles. The van der Waals surface area contributed by atoms with E-state index in [0.717, 1.165) is 13.1 Å². The fraction of sp³-hybridized carbons (Fsp3) is 0.917. The van der Waals surface area contributed by atoms with Crippen LogP contribution in [-0.4, -0.2) is 35.5 Å². The first kappa shape index (κ1) is 15.4. The van der Waals surface area contributed by atoms with Gasteiger partial charge < -0.3 is 16.4 Å². The van der Waals surface area contributed by atoms with Gasteiger partial charge in [-0.25, -0.2) is 0 Å². The zero-order chi connectivity index (χ0) is 12.9. The summed E-state index contributed by atoms with van der Waals surface area (Å²) in [5.41, 5.74) is 10.2. The molecule has 4 N–H and O–H groups in total. The van der Waals surface area contributed by atoms with E-state index in [1.165, 1.54) is 0 Å². The first-order valence-corrected chi connectivity index (χ1v) is 6.03. The molecular formula is C12H27N3O. The second kappa shape index (κ2) is 6.21. The largest absolute Gasteiger partial charge is 0.368 e. The Kier molecular flexibility index (Phi) is 5.97. The van der Waals surface area contributed by atoms with Gasteiger partial charge in [-0.3, -0.25) is 4.79 Å². The third-order valence-corrected chi connectivity index (χ3v) is 2.91. The summed E-state index contributed by atoms with van der Waals surface area (Å²) in [6.07, 6.45) is 0.600. The summed E-state index contributed by atoms with van der Waals surface area (Å²) < 4.78 is 0. The molecule has 0 aromatic heterocycles. The molecule has 0 spiro atoms. The van der Waals surface area contributed by atoms with Gasteiger partial charge in [-0.2, -0.15) is 0 Å². The van der Waals surface area contributed by atoms with E-state index in [9.17, 15) is 4.79 Å². The Morgan fingerprint density at radius 2 is 1.88 bits per heavy atom. The van der Waals surface area contributed by atoms with E-state index in [1.54, 1.807) is 6.92 Å². The Morgan fingerprint density at radius 1 is 1.38 bits per heavy atom. The molecule has 0 aliphatic carbocycles. The molecular weight excluding hydrogens is 202 g/mol. The summed E-state index contributed by atoms with van der Waals surface area (Å²) in [5.74, 6) is 0.181. The number of rotatable bonds is 7. The standard InChI is InChI=1S/C12H27N3O/c1-6-15(8-9(2)3)10(4)7-12(5,14)11(13)16/h9-10H,6-8,14H2,1-5H3,(H2,13,16). The molecule has 1 amide bonds. The lowest BCUT2D eigenvalue weighted by Crippen LogP contribution is -2.53. The van der Waals surface area contributed by atoms with Crippen LogP contribution in [0.25, 0.3) is 0 Å². The van der Waals surface area contributed by atoms with Crippen molar-refractivity contribution < 1.29 is 4.79 Å². The monoisotopic (exact) mass is 229 g/mol. The van der Waals surface area contributed by atoms with Crippen LogP contribution in [0.15, 0.2) is 0 Å². The van der Waals surface area contributed by atoms with Crippen LogP contribution in [-0.2, 0) is 4.79 Å². The van der Waals surface area contributed by atoms with E-state index in [2.05, 4.69) is 32.6 Å². The Balaban J connectivity index is 4.41. The molecule has 0 saturated heterocycles. The van der Waals surface area contributed by atoms with Gasteiger partial charge in [0, 0.05) is 12.6 Å². The van der Waals surface area contributed by atoms with E-state index in [1.807, 2.05) is 0 Å². The minimum atomic E-state index is -0.913. The van der Waals surface area contributed by atoms with Crippen molar-refractivity contribution >= 4 is 5.91 Å². The molecule has 0 heterocycles. The number of amides is 1. The normalized spacial score (nSPS) is 17.5. The van der Waals surface area contributed by atoms with Crippen LogP contribution in [0.5, 0.6) is 0 Å². The molecule has 0 radical (unpaired) electrons. The fourth-order valence-corrected chi connectivity index (χ4v) is 1.93. The van der Waals surface area contributed by atoms with Crippen molar-refractivity contribution in [2.24, 2.45) is 17.4 Å². The van der Waals surface area contributed by atoms with Gasteiger partial charge in [-0.05, 0) is 32.7 Å². The highest BCUT2D eigenvalue weighted by atomic mass is 16.1. The van der Waals surface area contributed by atoms with Crippen molar-refractivity contribution in [3.63, 3.8) is 0 Å². The molecule has 0 fully saturated rings. The lowest BCUT2D eigenvalue weighted by atomic mass is 9.93. The zero-order valence-electron chi connectivity index (χ0n) is 11.3. The highest BCUT2D eigenvalue weighted by Gasteiger charge is 2.29. The Labute approximate surface area is 99.4 Å². The van der Waals surface area contributed by atoms with Crippen LogP contribution in [0.4, 0.5) is 0 Å². The third-order valence-electron chi connectivity index (χ3n) is 2.91. The van der Waals surface area contributed by atoms with Crippen molar-refractivity contribution in [2.45, 2.75) is 52.6 Å². The van der Waals surface area contributed by atoms with Crippen LogP contribution < -0.4 is 11.5 Å². The van der Waals surface area contributed by atoms with Crippen molar-refractivity contribution in [1.29, 1.82) is 0 Å². The molecule has 0 aromatic rings. The van der Waals surface area contributed by atoms with Crippen molar-refractivity contribution in [3.05, 3.63) is 0 Å². The van der Waals surface area contributed by atoms with Gasteiger partial charge in [-0.1, -0.05) is 20.8 Å². The van der Waals surface area contributed by atoms with Crippen molar-refractivity contribution in [2.75, 3.05) is 13.1 Å². The quantitative estimate of drug-likeness (QED) is 0.682. The van der Waals surface area contributed by atoms with Gasteiger partial charge in [0.2, 0.25) is 5.91 Å². The molecule has 2 unspecified atom stereocenters. The maximum Gasteiger partial charge on any atom is 0.237 e.